The fraction of sp³-hybridized carbons (Fsp3) is 0.667. The minimum atomic E-state index is 0.599. The van der Waals surface area contributed by atoms with Crippen molar-refractivity contribution in [2.75, 3.05) is 5.75 Å². The van der Waals surface area contributed by atoms with Crippen LogP contribution in [0.3, 0.4) is 0 Å². The van der Waals surface area contributed by atoms with Crippen LogP contribution in [0, 0.1) is 11.3 Å². The van der Waals surface area contributed by atoms with Crippen LogP contribution in [0.2, 0.25) is 0 Å². The van der Waals surface area contributed by atoms with E-state index in [0.29, 0.717) is 12.5 Å². The van der Waals surface area contributed by atoms with E-state index in [1.807, 2.05) is 6.20 Å². The Morgan fingerprint density at radius 1 is 1.44 bits per heavy atom. The van der Waals surface area contributed by atoms with Gasteiger partial charge in [0.2, 0.25) is 0 Å². The molecular formula is C12H17N3S. The van der Waals surface area contributed by atoms with E-state index in [2.05, 4.69) is 21.8 Å². The number of nitrogens with zero attached hydrogens (tertiary/aromatic N) is 3. The van der Waals surface area contributed by atoms with E-state index in [1.165, 1.54) is 32.1 Å². The summed E-state index contributed by atoms with van der Waals surface area (Å²) in [5.74, 6) is 0.847. The number of hydrogen-bond acceptors (Lipinski definition) is 3. The molecule has 0 spiro atoms. The molecular weight excluding hydrogens is 218 g/mol. The van der Waals surface area contributed by atoms with Crippen molar-refractivity contribution in [3.05, 3.63) is 12.4 Å². The van der Waals surface area contributed by atoms with Gasteiger partial charge in [-0.3, -0.25) is 0 Å². The summed E-state index contributed by atoms with van der Waals surface area (Å²) >= 11 is 1.70. The largest absolute Gasteiger partial charge is 0.323 e. The molecule has 0 aliphatic heterocycles. The van der Waals surface area contributed by atoms with Gasteiger partial charge in [-0.25, -0.2) is 4.98 Å². The van der Waals surface area contributed by atoms with Gasteiger partial charge in [0.25, 0.3) is 0 Å². The van der Waals surface area contributed by atoms with Crippen LogP contribution < -0.4 is 0 Å². The lowest BCUT2D eigenvalue weighted by molar-refractivity contribution is 0.336. The van der Waals surface area contributed by atoms with Crippen molar-refractivity contribution in [1.82, 2.24) is 9.55 Å². The van der Waals surface area contributed by atoms with Crippen molar-refractivity contribution in [2.45, 2.75) is 49.7 Å². The second-order valence-electron chi connectivity index (χ2n) is 4.17. The molecule has 0 N–H and O–H groups in total. The SMILES string of the molecule is N#CCCSc1nccn1C1CCCCC1. The van der Waals surface area contributed by atoms with Crippen LogP contribution in [-0.2, 0) is 0 Å². The highest BCUT2D eigenvalue weighted by molar-refractivity contribution is 7.99. The van der Waals surface area contributed by atoms with Crippen LogP contribution in [0.15, 0.2) is 17.6 Å². The summed E-state index contributed by atoms with van der Waals surface area (Å²) in [4.78, 5) is 4.38. The van der Waals surface area contributed by atoms with E-state index in [-0.39, 0.29) is 0 Å². The Labute approximate surface area is 101 Å². The Kier molecular flexibility index (Phi) is 4.29. The van der Waals surface area contributed by atoms with Crippen LogP contribution in [0.25, 0.3) is 0 Å². The Morgan fingerprint density at radius 3 is 3.00 bits per heavy atom. The molecule has 0 amide bonds. The lowest BCUT2D eigenvalue weighted by Crippen LogP contribution is -2.12. The number of imidazole rings is 1. The molecule has 0 bridgehead atoms. The highest BCUT2D eigenvalue weighted by Crippen LogP contribution is 2.31. The molecule has 1 aromatic rings. The molecule has 0 atom stereocenters. The molecule has 0 saturated heterocycles. The Hall–Kier alpha value is -0.950. The molecule has 2 rings (SSSR count). The molecule has 1 aliphatic rings. The van der Waals surface area contributed by atoms with E-state index < -0.39 is 0 Å². The lowest BCUT2D eigenvalue weighted by atomic mass is 9.95. The monoisotopic (exact) mass is 235 g/mol. The summed E-state index contributed by atoms with van der Waals surface area (Å²) < 4.78 is 2.31. The van der Waals surface area contributed by atoms with Gasteiger partial charge >= 0.3 is 0 Å². The average molecular weight is 235 g/mol. The van der Waals surface area contributed by atoms with Crippen molar-refractivity contribution in [3.8, 4) is 6.07 Å². The lowest BCUT2D eigenvalue weighted by Gasteiger charge is -2.24. The molecule has 1 fully saturated rings. The first-order valence-electron chi connectivity index (χ1n) is 5.94. The number of rotatable bonds is 4. The fourth-order valence-corrected chi connectivity index (χ4v) is 3.11. The number of nitriles is 1. The summed E-state index contributed by atoms with van der Waals surface area (Å²) in [5, 5.41) is 9.61. The van der Waals surface area contributed by atoms with Gasteiger partial charge in [-0.1, -0.05) is 31.0 Å². The van der Waals surface area contributed by atoms with Crippen molar-refractivity contribution >= 4 is 11.8 Å². The Morgan fingerprint density at radius 2 is 2.25 bits per heavy atom. The predicted molar refractivity (Wildman–Crippen MR) is 65.3 cm³/mol. The molecule has 1 heterocycles. The first-order chi connectivity index (χ1) is 7.92. The third-order valence-corrected chi connectivity index (χ3v) is 4.03. The quantitative estimate of drug-likeness (QED) is 0.593. The molecule has 0 radical (unpaired) electrons. The maximum Gasteiger partial charge on any atom is 0.168 e. The van der Waals surface area contributed by atoms with Gasteiger partial charge in [-0.05, 0) is 12.8 Å². The van der Waals surface area contributed by atoms with Gasteiger partial charge in [0.1, 0.15) is 0 Å². The maximum atomic E-state index is 8.52. The van der Waals surface area contributed by atoms with Gasteiger partial charge in [0.05, 0.1) is 6.07 Å². The van der Waals surface area contributed by atoms with Crippen LogP contribution in [0.5, 0.6) is 0 Å². The molecule has 4 heteroatoms. The summed E-state index contributed by atoms with van der Waals surface area (Å²) in [6, 6.07) is 2.81. The zero-order valence-corrected chi connectivity index (χ0v) is 10.2. The van der Waals surface area contributed by atoms with Crippen molar-refractivity contribution in [1.29, 1.82) is 5.26 Å². The van der Waals surface area contributed by atoms with Gasteiger partial charge < -0.3 is 4.57 Å². The number of aromatic nitrogens is 2. The minimum absolute atomic E-state index is 0.599. The maximum absolute atomic E-state index is 8.52. The standard InChI is InChI=1S/C12H17N3S/c13-7-4-10-16-12-14-8-9-15(12)11-5-2-1-3-6-11/h8-9,11H,1-6,10H2. The first kappa shape index (κ1) is 11.5. The highest BCUT2D eigenvalue weighted by atomic mass is 32.2. The fourth-order valence-electron chi connectivity index (χ4n) is 2.24. The second-order valence-corrected chi connectivity index (χ2v) is 5.23. The average Bonchev–Trinajstić information content (AvgIpc) is 2.79. The molecule has 0 unspecified atom stereocenters. The second kappa shape index (κ2) is 5.95. The van der Waals surface area contributed by atoms with Crippen molar-refractivity contribution in [2.24, 2.45) is 0 Å². The summed E-state index contributed by atoms with van der Waals surface area (Å²) in [5.41, 5.74) is 0. The molecule has 1 saturated carbocycles. The first-order valence-corrected chi connectivity index (χ1v) is 6.93. The summed E-state index contributed by atoms with van der Waals surface area (Å²) in [6.07, 6.45) is 11.2. The van der Waals surface area contributed by atoms with Crippen molar-refractivity contribution in [3.63, 3.8) is 0 Å². The molecule has 0 aromatic carbocycles. The molecule has 1 aliphatic carbocycles. The zero-order chi connectivity index (χ0) is 11.2. The van der Waals surface area contributed by atoms with Gasteiger partial charge in [0, 0.05) is 30.6 Å². The van der Waals surface area contributed by atoms with Crippen molar-refractivity contribution < 1.29 is 0 Å². The molecule has 16 heavy (non-hydrogen) atoms. The minimum Gasteiger partial charge on any atom is -0.323 e. The topological polar surface area (TPSA) is 41.6 Å². The van der Waals surface area contributed by atoms with Gasteiger partial charge in [-0.15, -0.1) is 0 Å². The van der Waals surface area contributed by atoms with Crippen LogP contribution in [0.4, 0.5) is 0 Å². The summed E-state index contributed by atoms with van der Waals surface area (Å²) in [6.45, 7) is 0. The normalized spacial score (nSPS) is 17.2. The van der Waals surface area contributed by atoms with E-state index in [0.717, 1.165) is 10.9 Å². The van der Waals surface area contributed by atoms with Crippen LogP contribution in [-0.4, -0.2) is 15.3 Å². The number of thioether (sulfide) groups is 1. The molecule has 1 aromatic heterocycles. The van der Waals surface area contributed by atoms with E-state index in [4.69, 9.17) is 5.26 Å². The summed E-state index contributed by atoms with van der Waals surface area (Å²) in [7, 11) is 0. The third-order valence-electron chi connectivity index (χ3n) is 3.05. The van der Waals surface area contributed by atoms with E-state index >= 15 is 0 Å². The van der Waals surface area contributed by atoms with Gasteiger partial charge in [-0.2, -0.15) is 5.26 Å². The molecule has 3 nitrogen and oxygen atoms in total. The smallest absolute Gasteiger partial charge is 0.168 e. The highest BCUT2D eigenvalue weighted by Gasteiger charge is 2.17. The Bertz CT molecular complexity index is 361. The van der Waals surface area contributed by atoms with E-state index in [1.54, 1.807) is 11.8 Å². The van der Waals surface area contributed by atoms with Crippen LogP contribution >= 0.6 is 11.8 Å². The van der Waals surface area contributed by atoms with Crippen LogP contribution in [0.1, 0.15) is 44.6 Å². The van der Waals surface area contributed by atoms with E-state index in [9.17, 15) is 0 Å². The predicted octanol–water partition coefficient (Wildman–Crippen LogP) is 3.39. The Balaban J connectivity index is 1.97. The number of hydrogen-bond donors (Lipinski definition) is 0. The molecule has 86 valence electrons. The third kappa shape index (κ3) is 2.79. The zero-order valence-electron chi connectivity index (χ0n) is 9.43. The van der Waals surface area contributed by atoms with Gasteiger partial charge in [0.15, 0.2) is 5.16 Å².